The van der Waals surface area contributed by atoms with Gasteiger partial charge in [-0.15, -0.1) is 0 Å². The molecule has 9 heteroatoms. The van der Waals surface area contributed by atoms with Gasteiger partial charge in [-0.2, -0.15) is 4.98 Å². The molecule has 0 spiro atoms. The molecule has 8 nitrogen and oxygen atoms in total. The van der Waals surface area contributed by atoms with E-state index in [1.54, 1.807) is 6.20 Å². The fourth-order valence-corrected chi connectivity index (χ4v) is 5.98. The molecule has 1 aromatic carbocycles. The first-order valence-corrected chi connectivity index (χ1v) is 15.0. The summed E-state index contributed by atoms with van der Waals surface area (Å²) in [6, 6.07) is 4.72. The molecule has 216 valence electrons. The van der Waals surface area contributed by atoms with Gasteiger partial charge in [0.25, 0.3) is 0 Å². The Kier molecular flexibility index (Phi) is 10.2. The zero-order valence-electron chi connectivity index (χ0n) is 24.8. The minimum atomic E-state index is -0.0348. The molecule has 1 aromatic heterocycles. The number of carbonyl (C=O) groups excluding carboxylic acids is 1. The number of hydrogen-bond donors (Lipinski definition) is 3. The van der Waals surface area contributed by atoms with Crippen LogP contribution in [0.5, 0.6) is 0 Å². The third kappa shape index (κ3) is 7.21. The van der Waals surface area contributed by atoms with E-state index in [0.29, 0.717) is 29.3 Å². The van der Waals surface area contributed by atoms with Crippen LogP contribution in [0, 0.1) is 13.8 Å². The molecule has 0 saturated carbocycles. The van der Waals surface area contributed by atoms with Crippen molar-refractivity contribution in [3.63, 3.8) is 0 Å². The van der Waals surface area contributed by atoms with Gasteiger partial charge in [-0.3, -0.25) is 14.7 Å². The maximum Gasteiger partial charge on any atom is 0.237 e. The molecule has 40 heavy (non-hydrogen) atoms. The van der Waals surface area contributed by atoms with E-state index in [4.69, 9.17) is 16.6 Å². The van der Waals surface area contributed by atoms with Crippen LogP contribution in [0.25, 0.3) is 0 Å². The van der Waals surface area contributed by atoms with Crippen molar-refractivity contribution in [2.75, 3.05) is 30.3 Å². The summed E-state index contributed by atoms with van der Waals surface area (Å²) in [4.78, 5) is 28.7. The zero-order valence-corrected chi connectivity index (χ0v) is 25.5. The second-order valence-corrected chi connectivity index (χ2v) is 11.5. The number of aryl methyl sites for hydroxylation is 2. The molecule has 0 radical (unpaired) electrons. The van der Waals surface area contributed by atoms with Crippen LogP contribution < -0.4 is 16.0 Å². The van der Waals surface area contributed by atoms with Crippen LogP contribution in [0.4, 0.5) is 17.5 Å². The van der Waals surface area contributed by atoms with Crippen molar-refractivity contribution < 1.29 is 4.79 Å². The molecule has 2 atom stereocenters. The molecule has 3 heterocycles. The summed E-state index contributed by atoms with van der Waals surface area (Å²) in [5.41, 5.74) is 6.04. The number of benzene rings is 1. The van der Waals surface area contributed by atoms with Crippen molar-refractivity contribution in [2.24, 2.45) is 4.99 Å². The number of piperidine rings is 1. The summed E-state index contributed by atoms with van der Waals surface area (Å²) in [5.74, 6) is 2.43. The molecule has 0 bridgehead atoms. The Morgan fingerprint density at radius 1 is 1.10 bits per heavy atom. The number of dihydropyridines is 1. The number of nitrogens with zero attached hydrogens (tertiary/aromatic N) is 4. The molecule has 2 aromatic rings. The molecule has 4 rings (SSSR count). The molecule has 1 fully saturated rings. The number of amides is 1. The molecule has 2 aliphatic rings. The quantitative estimate of drug-likeness (QED) is 0.320. The highest BCUT2D eigenvalue weighted by Gasteiger charge is 2.29. The number of aromatic nitrogens is 2. The van der Waals surface area contributed by atoms with Gasteiger partial charge in [-0.25, -0.2) is 4.98 Å². The van der Waals surface area contributed by atoms with Gasteiger partial charge in [0, 0.05) is 12.2 Å². The fraction of sp³-hybridized carbons (Fsp3) is 0.548. The van der Waals surface area contributed by atoms with E-state index in [9.17, 15) is 4.79 Å². The van der Waals surface area contributed by atoms with Gasteiger partial charge in [0.15, 0.2) is 5.82 Å². The lowest BCUT2D eigenvalue weighted by Crippen LogP contribution is -2.49. The van der Waals surface area contributed by atoms with Crippen LogP contribution in [-0.2, 0) is 4.79 Å². The van der Waals surface area contributed by atoms with E-state index in [1.165, 1.54) is 16.7 Å². The average Bonchev–Trinajstić information content (AvgIpc) is 2.93. The maximum atomic E-state index is 12.5. The number of halogens is 1. The number of hydrogen-bond acceptors (Lipinski definition) is 7. The van der Waals surface area contributed by atoms with Gasteiger partial charge >= 0.3 is 0 Å². The molecule has 2 unspecified atom stereocenters. The topological polar surface area (TPSA) is 94.5 Å². The van der Waals surface area contributed by atoms with E-state index in [2.05, 4.69) is 83.6 Å². The SMILES string of the molecule is CCNC(=O)C(CC)N1CCC(c2cc(C)c(Nc3ncc(Cl)c(NC4=NC(CC)CC(C)=C4)n3)cc2C)CC1. The van der Waals surface area contributed by atoms with E-state index >= 15 is 0 Å². The highest BCUT2D eigenvalue weighted by atomic mass is 35.5. The molecule has 1 saturated heterocycles. The van der Waals surface area contributed by atoms with Crippen LogP contribution in [0.3, 0.4) is 0 Å². The van der Waals surface area contributed by atoms with Gasteiger partial charge in [-0.1, -0.05) is 37.1 Å². The second kappa shape index (κ2) is 13.6. The molecule has 1 amide bonds. The third-order valence-electron chi connectivity index (χ3n) is 8.03. The zero-order chi connectivity index (χ0) is 28.8. The van der Waals surface area contributed by atoms with E-state index in [0.717, 1.165) is 62.3 Å². The Labute approximate surface area is 244 Å². The lowest BCUT2D eigenvalue weighted by Gasteiger charge is -2.37. The monoisotopic (exact) mass is 565 g/mol. The first kappa shape index (κ1) is 30.0. The number of nitrogens with one attached hydrogen (secondary N) is 3. The van der Waals surface area contributed by atoms with Crippen molar-refractivity contribution in [3.8, 4) is 0 Å². The second-order valence-electron chi connectivity index (χ2n) is 11.1. The Bertz CT molecular complexity index is 1270. The minimum Gasteiger partial charge on any atom is -0.355 e. The van der Waals surface area contributed by atoms with Crippen molar-refractivity contribution in [1.82, 2.24) is 20.2 Å². The average molecular weight is 566 g/mol. The standard InChI is InChI=1S/C31H44ClN7O/c1-7-23-14-19(4)15-28(35-23)37-29-25(32)18-34-31(38-29)36-26-17-20(5)24(16-21(26)6)22-10-12-39(13-11-22)27(8-2)30(40)33-9-3/h15-18,22-23,27H,7-14H2,1-6H3,(H,33,40)(H2,34,35,36,37,38). The van der Waals surface area contributed by atoms with Crippen molar-refractivity contribution in [2.45, 2.75) is 91.6 Å². The van der Waals surface area contributed by atoms with Crippen molar-refractivity contribution in [1.29, 1.82) is 0 Å². The highest BCUT2D eigenvalue weighted by molar-refractivity contribution is 6.33. The van der Waals surface area contributed by atoms with Gasteiger partial charge in [-0.05, 0) is 108 Å². The van der Waals surface area contributed by atoms with Crippen molar-refractivity contribution >= 4 is 40.8 Å². The predicted molar refractivity (Wildman–Crippen MR) is 166 cm³/mol. The number of likely N-dealkylation sites (tertiary alicyclic amines) is 1. The molecule has 3 N–H and O–H groups in total. The predicted octanol–water partition coefficient (Wildman–Crippen LogP) is 6.52. The van der Waals surface area contributed by atoms with Crippen LogP contribution in [0.1, 0.15) is 82.4 Å². The normalized spacial score (nSPS) is 19.0. The summed E-state index contributed by atoms with van der Waals surface area (Å²) >= 11 is 6.44. The number of rotatable bonds is 9. The summed E-state index contributed by atoms with van der Waals surface area (Å²) in [6.45, 7) is 15.2. The van der Waals surface area contributed by atoms with Gasteiger partial charge in [0.2, 0.25) is 11.9 Å². The Morgan fingerprint density at radius 3 is 2.52 bits per heavy atom. The van der Waals surface area contributed by atoms with E-state index in [-0.39, 0.29) is 18.0 Å². The Hall–Kier alpha value is -2.97. The molecule has 2 aliphatic heterocycles. The smallest absolute Gasteiger partial charge is 0.237 e. The maximum absolute atomic E-state index is 12.5. The van der Waals surface area contributed by atoms with Crippen LogP contribution >= 0.6 is 11.6 Å². The van der Waals surface area contributed by atoms with E-state index < -0.39 is 0 Å². The van der Waals surface area contributed by atoms with Crippen LogP contribution in [0.15, 0.2) is 35.0 Å². The summed E-state index contributed by atoms with van der Waals surface area (Å²) in [7, 11) is 0. The number of amidine groups is 1. The number of aliphatic imine (C=N–C) groups is 1. The van der Waals surface area contributed by atoms with Crippen LogP contribution in [0.2, 0.25) is 5.02 Å². The Balaban J connectivity index is 1.45. The van der Waals surface area contributed by atoms with E-state index in [1.807, 2.05) is 6.92 Å². The number of likely N-dealkylation sites (N-methyl/N-ethyl adjacent to an activating group) is 1. The van der Waals surface area contributed by atoms with Crippen molar-refractivity contribution in [3.05, 3.63) is 51.7 Å². The lowest BCUT2D eigenvalue weighted by molar-refractivity contribution is -0.127. The van der Waals surface area contributed by atoms with Gasteiger partial charge < -0.3 is 16.0 Å². The van der Waals surface area contributed by atoms with Crippen LogP contribution in [-0.4, -0.2) is 58.3 Å². The summed E-state index contributed by atoms with van der Waals surface area (Å²) in [5, 5.41) is 10.1. The molecular formula is C31H44ClN7O. The first-order chi connectivity index (χ1) is 19.2. The van der Waals surface area contributed by atoms with Gasteiger partial charge in [0.05, 0.1) is 18.3 Å². The highest BCUT2D eigenvalue weighted by Crippen LogP contribution is 2.35. The Morgan fingerprint density at radius 2 is 1.85 bits per heavy atom. The molecular weight excluding hydrogens is 522 g/mol. The molecule has 0 aliphatic carbocycles. The third-order valence-corrected chi connectivity index (χ3v) is 8.31. The number of anilines is 3. The summed E-state index contributed by atoms with van der Waals surface area (Å²) in [6.07, 6.45) is 8.58. The first-order valence-electron chi connectivity index (χ1n) is 14.7. The fourth-order valence-electron chi connectivity index (χ4n) is 5.84. The lowest BCUT2D eigenvalue weighted by atomic mass is 9.85. The minimum absolute atomic E-state index is 0.0348. The van der Waals surface area contributed by atoms with Gasteiger partial charge in [0.1, 0.15) is 10.9 Å². The largest absolute Gasteiger partial charge is 0.355 e. The summed E-state index contributed by atoms with van der Waals surface area (Å²) < 4.78 is 0. The number of carbonyl (C=O) groups is 1.